The number of anilines is 1. The van der Waals surface area contributed by atoms with Gasteiger partial charge in [-0.2, -0.15) is 0 Å². The molecule has 0 aromatic heterocycles. The van der Waals surface area contributed by atoms with E-state index < -0.39 is 0 Å². The summed E-state index contributed by atoms with van der Waals surface area (Å²) in [4.78, 5) is 15.8. The molecule has 4 nitrogen and oxygen atoms in total. The Morgan fingerprint density at radius 1 is 1.29 bits per heavy atom. The van der Waals surface area contributed by atoms with Gasteiger partial charge in [-0.3, -0.25) is 4.79 Å². The molecule has 0 spiro atoms. The van der Waals surface area contributed by atoms with Crippen LogP contribution >= 0.6 is 0 Å². The summed E-state index contributed by atoms with van der Waals surface area (Å²) in [6.07, 6.45) is 0. The van der Waals surface area contributed by atoms with E-state index in [0.29, 0.717) is 6.54 Å². The fourth-order valence-electron chi connectivity index (χ4n) is 1.52. The predicted octanol–water partition coefficient (Wildman–Crippen LogP) is 1.04. The van der Waals surface area contributed by atoms with E-state index in [4.69, 9.17) is 0 Å². The lowest BCUT2D eigenvalue weighted by Gasteiger charge is -2.18. The monoisotopic (exact) mass is 235 g/mol. The van der Waals surface area contributed by atoms with E-state index >= 15 is 0 Å². The average Bonchev–Trinajstić information content (AvgIpc) is 2.35. The van der Waals surface area contributed by atoms with Gasteiger partial charge in [0.1, 0.15) is 0 Å². The number of carbonyl (C=O) groups excluding carboxylic acids is 1. The number of amides is 1. The molecule has 1 aromatic rings. The van der Waals surface area contributed by atoms with E-state index in [-0.39, 0.29) is 5.91 Å². The van der Waals surface area contributed by atoms with Gasteiger partial charge in [-0.05, 0) is 25.2 Å². The molecule has 0 radical (unpaired) electrons. The highest BCUT2D eigenvalue weighted by Gasteiger charge is 2.11. The normalized spacial score (nSPS) is 10.1. The van der Waals surface area contributed by atoms with Crippen LogP contribution in [0.4, 0.5) is 5.69 Å². The van der Waals surface area contributed by atoms with Crippen molar-refractivity contribution in [3.8, 4) is 0 Å². The number of nitrogens with one attached hydrogen (secondary N) is 1. The summed E-state index contributed by atoms with van der Waals surface area (Å²) in [6, 6.07) is 7.67. The van der Waals surface area contributed by atoms with E-state index in [9.17, 15) is 4.79 Å². The highest BCUT2D eigenvalue weighted by Crippen LogP contribution is 2.14. The first-order chi connectivity index (χ1) is 8.06. The number of rotatable bonds is 5. The van der Waals surface area contributed by atoms with Crippen LogP contribution in [0.2, 0.25) is 0 Å². The van der Waals surface area contributed by atoms with Crippen molar-refractivity contribution >= 4 is 11.6 Å². The van der Waals surface area contributed by atoms with Gasteiger partial charge in [-0.15, -0.1) is 0 Å². The number of carbonyl (C=O) groups is 1. The molecule has 0 aliphatic rings. The van der Waals surface area contributed by atoms with Crippen molar-refractivity contribution in [1.29, 1.82) is 0 Å². The van der Waals surface area contributed by atoms with Crippen LogP contribution in [0.3, 0.4) is 0 Å². The van der Waals surface area contributed by atoms with E-state index in [0.717, 1.165) is 17.8 Å². The zero-order chi connectivity index (χ0) is 12.8. The quantitative estimate of drug-likeness (QED) is 0.828. The highest BCUT2D eigenvalue weighted by atomic mass is 16.2. The van der Waals surface area contributed by atoms with Crippen molar-refractivity contribution < 1.29 is 4.79 Å². The van der Waals surface area contributed by atoms with Crippen molar-refractivity contribution in [3.63, 3.8) is 0 Å². The van der Waals surface area contributed by atoms with Gasteiger partial charge in [0.2, 0.25) is 0 Å². The Morgan fingerprint density at radius 2 is 2.00 bits per heavy atom. The topological polar surface area (TPSA) is 35.6 Å². The molecular weight excluding hydrogens is 214 g/mol. The molecule has 0 bridgehead atoms. The molecule has 4 heteroatoms. The number of nitrogens with zero attached hydrogens (tertiary/aromatic N) is 2. The lowest BCUT2D eigenvalue weighted by molar-refractivity contribution is 0.0797. The zero-order valence-electron chi connectivity index (χ0n) is 11.0. The maximum atomic E-state index is 12.1. The lowest BCUT2D eigenvalue weighted by Crippen LogP contribution is -2.32. The Balaban J connectivity index is 2.78. The summed E-state index contributed by atoms with van der Waals surface area (Å²) in [7, 11) is 7.63. The number of hydrogen-bond acceptors (Lipinski definition) is 3. The van der Waals surface area contributed by atoms with Gasteiger partial charge < -0.3 is 15.1 Å². The minimum Gasteiger partial charge on any atom is -0.378 e. The summed E-state index contributed by atoms with van der Waals surface area (Å²) >= 11 is 0. The number of likely N-dealkylation sites (N-methyl/N-ethyl adjacent to an activating group) is 2. The first-order valence-corrected chi connectivity index (χ1v) is 5.73. The maximum Gasteiger partial charge on any atom is 0.253 e. The lowest BCUT2D eigenvalue weighted by atomic mass is 10.1. The molecule has 0 saturated carbocycles. The maximum absolute atomic E-state index is 12.1. The largest absolute Gasteiger partial charge is 0.378 e. The number of benzene rings is 1. The third-order valence-corrected chi connectivity index (χ3v) is 2.65. The zero-order valence-corrected chi connectivity index (χ0v) is 11.0. The van der Waals surface area contributed by atoms with Gasteiger partial charge >= 0.3 is 0 Å². The first kappa shape index (κ1) is 13.5. The van der Waals surface area contributed by atoms with Gasteiger partial charge in [0.25, 0.3) is 5.91 Å². The van der Waals surface area contributed by atoms with Crippen molar-refractivity contribution in [2.45, 2.75) is 0 Å². The Morgan fingerprint density at radius 3 is 2.59 bits per heavy atom. The van der Waals surface area contributed by atoms with Gasteiger partial charge in [-0.25, -0.2) is 0 Å². The van der Waals surface area contributed by atoms with Gasteiger partial charge in [0, 0.05) is 45.5 Å². The van der Waals surface area contributed by atoms with Gasteiger partial charge in [-0.1, -0.05) is 6.07 Å². The van der Waals surface area contributed by atoms with Crippen molar-refractivity contribution in [2.24, 2.45) is 0 Å². The fourth-order valence-corrected chi connectivity index (χ4v) is 1.52. The second-order valence-electron chi connectivity index (χ2n) is 4.28. The SMILES string of the molecule is CNCCN(C)C(=O)c1cccc(N(C)C)c1. The number of hydrogen-bond donors (Lipinski definition) is 1. The minimum atomic E-state index is 0.0592. The van der Waals surface area contributed by atoms with Gasteiger partial charge in [0.15, 0.2) is 0 Å². The van der Waals surface area contributed by atoms with Crippen LogP contribution in [0, 0.1) is 0 Å². The summed E-state index contributed by atoms with van der Waals surface area (Å²) in [5.41, 5.74) is 1.77. The summed E-state index contributed by atoms with van der Waals surface area (Å²) < 4.78 is 0. The molecule has 94 valence electrons. The molecule has 1 rings (SSSR count). The van der Waals surface area contributed by atoms with Crippen LogP contribution in [-0.2, 0) is 0 Å². The standard InChI is InChI=1S/C13H21N3O/c1-14-8-9-16(4)13(17)11-6-5-7-12(10-11)15(2)3/h5-7,10,14H,8-9H2,1-4H3. The molecule has 0 unspecified atom stereocenters. The highest BCUT2D eigenvalue weighted by molar-refractivity contribution is 5.95. The van der Waals surface area contributed by atoms with Crippen LogP contribution in [0.5, 0.6) is 0 Å². The first-order valence-electron chi connectivity index (χ1n) is 5.73. The Labute approximate surface area is 103 Å². The summed E-state index contributed by atoms with van der Waals surface area (Å²) in [6.45, 7) is 1.51. The third-order valence-electron chi connectivity index (χ3n) is 2.65. The molecule has 1 aromatic carbocycles. The van der Waals surface area contributed by atoms with Gasteiger partial charge in [0.05, 0.1) is 0 Å². The molecule has 17 heavy (non-hydrogen) atoms. The van der Waals surface area contributed by atoms with Crippen molar-refractivity contribution in [1.82, 2.24) is 10.2 Å². The molecule has 0 atom stereocenters. The van der Waals surface area contributed by atoms with Crippen LogP contribution in [-0.4, -0.2) is 52.1 Å². The van der Waals surface area contributed by atoms with Crippen LogP contribution in [0.1, 0.15) is 10.4 Å². The summed E-state index contributed by atoms with van der Waals surface area (Å²) in [5.74, 6) is 0.0592. The summed E-state index contributed by atoms with van der Waals surface area (Å²) in [5, 5.41) is 3.03. The molecule has 0 fully saturated rings. The Hall–Kier alpha value is -1.55. The van der Waals surface area contributed by atoms with Crippen LogP contribution in [0.15, 0.2) is 24.3 Å². The molecule has 0 heterocycles. The average molecular weight is 235 g/mol. The molecule has 0 aliphatic heterocycles. The molecule has 1 N–H and O–H groups in total. The molecule has 0 saturated heterocycles. The van der Waals surface area contributed by atoms with Crippen LogP contribution < -0.4 is 10.2 Å². The second-order valence-corrected chi connectivity index (χ2v) is 4.28. The molecule has 1 amide bonds. The second kappa shape index (κ2) is 6.25. The molecule has 0 aliphatic carbocycles. The fraction of sp³-hybridized carbons (Fsp3) is 0.462. The minimum absolute atomic E-state index is 0.0592. The third kappa shape index (κ3) is 3.75. The molecular formula is C13H21N3O. The smallest absolute Gasteiger partial charge is 0.253 e. The van der Waals surface area contributed by atoms with Crippen molar-refractivity contribution in [3.05, 3.63) is 29.8 Å². The van der Waals surface area contributed by atoms with Crippen molar-refractivity contribution in [2.75, 3.05) is 46.2 Å². The van der Waals surface area contributed by atoms with E-state index in [1.807, 2.05) is 57.4 Å². The Bertz CT molecular complexity index is 377. The predicted molar refractivity (Wildman–Crippen MR) is 71.7 cm³/mol. The van der Waals surface area contributed by atoms with Crippen LogP contribution in [0.25, 0.3) is 0 Å². The van der Waals surface area contributed by atoms with E-state index in [1.165, 1.54) is 0 Å². The van der Waals surface area contributed by atoms with E-state index in [2.05, 4.69) is 5.32 Å². The Kier molecular flexibility index (Phi) is 4.97. The van der Waals surface area contributed by atoms with E-state index in [1.54, 1.807) is 4.90 Å².